The summed E-state index contributed by atoms with van der Waals surface area (Å²) in [5, 5.41) is 7.58. The van der Waals surface area contributed by atoms with Crippen molar-refractivity contribution in [1.82, 2.24) is 5.01 Å². The molecule has 2 amide bonds. The van der Waals surface area contributed by atoms with Gasteiger partial charge in [-0.05, 0) is 42.3 Å². The Balaban J connectivity index is 1.83. The maximum Gasteiger partial charge on any atom is 0.471 e. The van der Waals surface area contributed by atoms with Crippen LogP contribution < -0.4 is 14.8 Å². The average molecular weight is 481 g/mol. The molecule has 7 nitrogen and oxygen atoms in total. The molecule has 1 unspecified atom stereocenters. The molecule has 1 aliphatic rings. The molecule has 2 aromatic rings. The highest BCUT2D eigenvalue weighted by Gasteiger charge is 2.38. The second kappa shape index (κ2) is 10.5. The second-order valence-electron chi connectivity index (χ2n) is 7.51. The first-order chi connectivity index (χ1) is 16.2. The molecule has 1 atom stereocenters. The van der Waals surface area contributed by atoms with Crippen LogP contribution in [0.3, 0.4) is 0 Å². The summed E-state index contributed by atoms with van der Waals surface area (Å²) in [5.74, 6) is -1.87. The number of amides is 2. The molecule has 0 radical (unpaired) electrons. The monoisotopic (exact) mass is 481 g/mol. The number of hydrogen-bond donors (Lipinski definition) is 1. The van der Waals surface area contributed by atoms with Crippen LogP contribution in [0.4, 0.5) is 23.2 Å². The third kappa shape index (κ3) is 5.83. The first kappa shape index (κ1) is 25.0. The molecule has 0 aromatic heterocycles. The fraction of sp³-hybridized carbons (Fsp3) is 0.348. The first-order valence-electron chi connectivity index (χ1n) is 10.4. The Morgan fingerprint density at radius 1 is 1.18 bits per heavy atom. The van der Waals surface area contributed by atoms with E-state index in [-0.39, 0.29) is 36.2 Å². The maximum absolute atomic E-state index is 12.8. The predicted molar refractivity (Wildman–Crippen MR) is 116 cm³/mol. The minimum absolute atomic E-state index is 0.0232. The number of carbonyl (C=O) groups excluding carboxylic acids is 2. The van der Waals surface area contributed by atoms with E-state index in [2.05, 4.69) is 5.10 Å². The summed E-state index contributed by atoms with van der Waals surface area (Å²) < 4.78 is 60.2. The number of benzene rings is 2. The molecule has 0 aliphatic carbocycles. The van der Waals surface area contributed by atoms with Crippen LogP contribution in [-0.4, -0.2) is 42.7 Å². The lowest BCUT2D eigenvalue weighted by Gasteiger charge is -2.29. The predicted octanol–water partition coefficient (Wildman–Crippen LogP) is 4.66. The molecule has 182 valence electrons. The minimum Gasteiger partial charge on any atom is -0.493 e. The standard InChI is InChI=1S/C23H23F4N3O4/c1-3-15-11-20(31)30(12-14-4-7-17(8-5-14)28-22(32)23(25,26)27)29-21(15)16-6-9-18(33-2)19(10-16)34-13-24/h4-10,15H,3,11-13H2,1-2H3,(H,28,32). The number of methoxy groups -OCH3 is 1. The smallest absolute Gasteiger partial charge is 0.471 e. The van der Waals surface area contributed by atoms with Crippen molar-refractivity contribution in [1.29, 1.82) is 0 Å². The van der Waals surface area contributed by atoms with Crippen molar-refractivity contribution in [3.63, 3.8) is 0 Å². The van der Waals surface area contributed by atoms with E-state index in [0.29, 0.717) is 29.0 Å². The lowest BCUT2D eigenvalue weighted by molar-refractivity contribution is -0.167. The molecule has 0 saturated carbocycles. The Bertz CT molecular complexity index is 1070. The van der Waals surface area contributed by atoms with Crippen LogP contribution in [0.1, 0.15) is 30.9 Å². The van der Waals surface area contributed by atoms with Crippen molar-refractivity contribution in [2.75, 3.05) is 19.3 Å². The molecular formula is C23H23F4N3O4. The van der Waals surface area contributed by atoms with Crippen LogP contribution in [0.5, 0.6) is 11.5 Å². The van der Waals surface area contributed by atoms with Gasteiger partial charge in [0, 0.05) is 23.6 Å². The van der Waals surface area contributed by atoms with Gasteiger partial charge in [0.25, 0.3) is 0 Å². The van der Waals surface area contributed by atoms with Gasteiger partial charge in [-0.3, -0.25) is 9.59 Å². The number of rotatable bonds is 8. The minimum atomic E-state index is -4.99. The van der Waals surface area contributed by atoms with Crippen molar-refractivity contribution >= 4 is 23.2 Å². The average Bonchev–Trinajstić information content (AvgIpc) is 2.81. The maximum atomic E-state index is 12.8. The summed E-state index contributed by atoms with van der Waals surface area (Å²) in [6, 6.07) is 10.6. The second-order valence-corrected chi connectivity index (χ2v) is 7.51. The zero-order chi connectivity index (χ0) is 24.9. The topological polar surface area (TPSA) is 80.2 Å². The summed E-state index contributed by atoms with van der Waals surface area (Å²) in [4.78, 5) is 23.7. The Hall–Kier alpha value is -3.63. The largest absolute Gasteiger partial charge is 0.493 e. The van der Waals surface area contributed by atoms with Gasteiger partial charge in [-0.2, -0.15) is 18.3 Å². The zero-order valence-corrected chi connectivity index (χ0v) is 18.5. The quantitative estimate of drug-likeness (QED) is 0.556. The van der Waals surface area contributed by atoms with Crippen molar-refractivity contribution in [3.05, 3.63) is 53.6 Å². The SMILES string of the molecule is CCC1CC(=O)N(Cc2ccc(NC(=O)C(F)(F)F)cc2)N=C1c1ccc(OC)c(OCF)c1. The van der Waals surface area contributed by atoms with Gasteiger partial charge in [-0.15, -0.1) is 0 Å². The molecule has 0 bridgehead atoms. The summed E-state index contributed by atoms with van der Waals surface area (Å²) >= 11 is 0. The van der Waals surface area contributed by atoms with Crippen molar-refractivity contribution in [2.45, 2.75) is 32.5 Å². The Kier molecular flexibility index (Phi) is 7.75. The number of alkyl halides is 4. The van der Waals surface area contributed by atoms with Gasteiger partial charge < -0.3 is 14.8 Å². The van der Waals surface area contributed by atoms with Crippen LogP contribution in [0, 0.1) is 5.92 Å². The van der Waals surface area contributed by atoms with Gasteiger partial charge >= 0.3 is 12.1 Å². The van der Waals surface area contributed by atoms with Crippen LogP contribution in [-0.2, 0) is 16.1 Å². The lowest BCUT2D eigenvalue weighted by atomic mass is 9.89. The number of anilines is 1. The molecule has 3 rings (SSSR count). The van der Waals surface area contributed by atoms with E-state index in [1.165, 1.54) is 36.4 Å². The van der Waals surface area contributed by atoms with Crippen LogP contribution in [0.2, 0.25) is 0 Å². The van der Waals surface area contributed by atoms with E-state index < -0.39 is 18.9 Å². The van der Waals surface area contributed by atoms with E-state index in [1.807, 2.05) is 6.92 Å². The van der Waals surface area contributed by atoms with Gasteiger partial charge in [0.2, 0.25) is 12.8 Å². The molecule has 1 N–H and O–H groups in total. The van der Waals surface area contributed by atoms with E-state index in [1.54, 1.807) is 23.5 Å². The first-order valence-corrected chi connectivity index (χ1v) is 10.4. The molecule has 0 saturated heterocycles. The van der Waals surface area contributed by atoms with E-state index >= 15 is 0 Å². The van der Waals surface area contributed by atoms with E-state index in [4.69, 9.17) is 9.47 Å². The molecule has 1 heterocycles. The number of halogens is 4. The Morgan fingerprint density at radius 2 is 1.88 bits per heavy atom. The highest BCUT2D eigenvalue weighted by atomic mass is 19.4. The Labute approximate surface area is 193 Å². The molecule has 11 heteroatoms. The highest BCUT2D eigenvalue weighted by Crippen LogP contribution is 2.32. The number of nitrogens with zero attached hydrogens (tertiary/aromatic N) is 2. The molecule has 1 aliphatic heterocycles. The van der Waals surface area contributed by atoms with Crippen molar-refractivity contribution in [2.24, 2.45) is 11.0 Å². The Morgan fingerprint density at radius 3 is 2.47 bits per heavy atom. The molecule has 0 fully saturated rings. The van der Waals surface area contributed by atoms with Gasteiger partial charge in [0.15, 0.2) is 11.5 Å². The van der Waals surface area contributed by atoms with Crippen LogP contribution >= 0.6 is 0 Å². The van der Waals surface area contributed by atoms with Crippen LogP contribution in [0.25, 0.3) is 0 Å². The fourth-order valence-electron chi connectivity index (χ4n) is 3.51. The summed E-state index contributed by atoms with van der Waals surface area (Å²) in [6.07, 6.45) is -4.13. The fourth-order valence-corrected chi connectivity index (χ4v) is 3.51. The number of hydrazone groups is 1. The third-order valence-electron chi connectivity index (χ3n) is 5.29. The number of nitrogens with one attached hydrogen (secondary N) is 1. The van der Waals surface area contributed by atoms with Gasteiger partial charge in [-0.1, -0.05) is 19.1 Å². The number of ether oxygens (including phenoxy) is 2. The number of carbonyl (C=O) groups is 2. The summed E-state index contributed by atoms with van der Waals surface area (Å²) in [5.41, 5.74) is 1.86. The molecule has 2 aromatic carbocycles. The van der Waals surface area contributed by atoms with E-state index in [0.717, 1.165) is 0 Å². The zero-order valence-electron chi connectivity index (χ0n) is 18.5. The third-order valence-corrected chi connectivity index (χ3v) is 5.29. The molecule has 0 spiro atoms. The van der Waals surface area contributed by atoms with Crippen molar-refractivity contribution in [3.8, 4) is 11.5 Å². The molecule has 34 heavy (non-hydrogen) atoms. The number of hydrogen-bond acceptors (Lipinski definition) is 5. The molecular weight excluding hydrogens is 458 g/mol. The van der Waals surface area contributed by atoms with Crippen LogP contribution in [0.15, 0.2) is 47.6 Å². The lowest BCUT2D eigenvalue weighted by Crippen LogP contribution is -2.36. The summed E-state index contributed by atoms with van der Waals surface area (Å²) in [6.45, 7) is 0.976. The van der Waals surface area contributed by atoms with Gasteiger partial charge in [0.05, 0.1) is 19.4 Å². The van der Waals surface area contributed by atoms with Gasteiger partial charge in [-0.25, -0.2) is 9.40 Å². The normalized spacial score (nSPS) is 16.2. The van der Waals surface area contributed by atoms with E-state index in [9.17, 15) is 27.2 Å². The van der Waals surface area contributed by atoms with Gasteiger partial charge in [0.1, 0.15) is 0 Å². The summed E-state index contributed by atoms with van der Waals surface area (Å²) in [7, 11) is 1.44. The highest BCUT2D eigenvalue weighted by molar-refractivity contribution is 6.06. The van der Waals surface area contributed by atoms with Crippen molar-refractivity contribution < 1.29 is 36.6 Å².